The number of rotatable bonds is 4. The molecule has 1 amide bonds. The van der Waals surface area contributed by atoms with Gasteiger partial charge in [-0.25, -0.2) is 9.97 Å². The number of nitrogens with zero attached hydrogens (tertiary/aromatic N) is 7. The third-order valence-electron chi connectivity index (χ3n) is 5.33. The molecule has 1 aliphatic rings. The van der Waals surface area contributed by atoms with E-state index in [0.717, 1.165) is 16.4 Å². The molecule has 0 spiro atoms. The number of amides is 1. The lowest BCUT2D eigenvalue weighted by atomic mass is 10.2. The van der Waals surface area contributed by atoms with E-state index in [4.69, 9.17) is 0 Å². The zero-order valence-electron chi connectivity index (χ0n) is 16.6. The molecule has 8 nitrogen and oxygen atoms in total. The summed E-state index contributed by atoms with van der Waals surface area (Å²) in [5.74, 6) is 0.943. The second kappa shape index (κ2) is 7.83. The molecule has 1 saturated heterocycles. The summed E-state index contributed by atoms with van der Waals surface area (Å²) in [7, 11) is 0. The predicted octanol–water partition coefficient (Wildman–Crippen LogP) is 2.47. The van der Waals surface area contributed by atoms with Crippen LogP contribution in [0.15, 0.2) is 48.1 Å². The van der Waals surface area contributed by atoms with E-state index in [1.807, 2.05) is 53.6 Å². The molecule has 4 heterocycles. The molecule has 1 aromatic carbocycles. The second-order valence-corrected chi connectivity index (χ2v) is 8.36. The number of hydrogen-bond donors (Lipinski definition) is 0. The van der Waals surface area contributed by atoms with Gasteiger partial charge in [-0.15, -0.1) is 16.4 Å². The minimum atomic E-state index is 0.176. The third kappa shape index (κ3) is 3.52. The Hall–Kier alpha value is -3.33. The van der Waals surface area contributed by atoms with Crippen molar-refractivity contribution in [1.29, 1.82) is 0 Å². The molecular formula is C21H21N7OS. The first-order chi connectivity index (χ1) is 14.7. The summed E-state index contributed by atoms with van der Waals surface area (Å²) in [4.78, 5) is 26.7. The smallest absolute Gasteiger partial charge is 0.227 e. The van der Waals surface area contributed by atoms with Gasteiger partial charge in [0.25, 0.3) is 0 Å². The van der Waals surface area contributed by atoms with Crippen LogP contribution in [0.5, 0.6) is 0 Å². The second-order valence-electron chi connectivity index (χ2n) is 7.33. The number of fused-ring (bicyclic) bond motifs is 1. The van der Waals surface area contributed by atoms with Crippen molar-refractivity contribution in [1.82, 2.24) is 29.9 Å². The van der Waals surface area contributed by atoms with Gasteiger partial charge >= 0.3 is 0 Å². The number of carbonyl (C=O) groups excluding carboxylic acids is 1. The first-order valence-corrected chi connectivity index (χ1v) is 10.8. The molecule has 0 bridgehead atoms. The highest BCUT2D eigenvalue weighted by molar-refractivity contribution is 7.10. The molecule has 0 atom stereocenters. The number of anilines is 1. The van der Waals surface area contributed by atoms with Crippen LogP contribution in [-0.4, -0.2) is 61.9 Å². The molecule has 0 radical (unpaired) electrons. The predicted molar refractivity (Wildman–Crippen MR) is 116 cm³/mol. The van der Waals surface area contributed by atoms with Gasteiger partial charge in [0, 0.05) is 31.1 Å². The van der Waals surface area contributed by atoms with Crippen molar-refractivity contribution in [2.75, 3.05) is 31.1 Å². The van der Waals surface area contributed by atoms with Crippen LogP contribution in [0.4, 0.5) is 5.82 Å². The maximum Gasteiger partial charge on any atom is 0.227 e. The number of carbonyl (C=O) groups is 1. The summed E-state index contributed by atoms with van der Waals surface area (Å²) in [6, 6.07) is 12.1. The van der Waals surface area contributed by atoms with E-state index in [9.17, 15) is 4.79 Å². The summed E-state index contributed by atoms with van der Waals surface area (Å²) in [6.07, 6.45) is 2.03. The number of aryl methyl sites for hydroxylation is 1. The number of piperazine rings is 1. The SMILES string of the molecule is Cc1ccc(-n2nnc3c(N4CCN(C(=O)Cc5cccs5)CC4)ncnc32)cc1. The van der Waals surface area contributed by atoms with Gasteiger partial charge in [-0.1, -0.05) is 29.0 Å². The van der Waals surface area contributed by atoms with Crippen LogP contribution in [0.25, 0.3) is 16.9 Å². The fourth-order valence-electron chi connectivity index (χ4n) is 3.67. The van der Waals surface area contributed by atoms with Crippen LogP contribution in [0, 0.1) is 6.92 Å². The Labute approximate surface area is 177 Å². The van der Waals surface area contributed by atoms with Gasteiger partial charge in [-0.2, -0.15) is 4.68 Å². The van der Waals surface area contributed by atoms with E-state index in [-0.39, 0.29) is 5.91 Å². The largest absolute Gasteiger partial charge is 0.351 e. The normalized spacial score (nSPS) is 14.4. The van der Waals surface area contributed by atoms with Crippen molar-refractivity contribution in [3.63, 3.8) is 0 Å². The molecule has 152 valence electrons. The molecule has 0 unspecified atom stereocenters. The van der Waals surface area contributed by atoms with Crippen LogP contribution in [0.1, 0.15) is 10.4 Å². The third-order valence-corrected chi connectivity index (χ3v) is 6.21. The highest BCUT2D eigenvalue weighted by atomic mass is 32.1. The van der Waals surface area contributed by atoms with Crippen molar-refractivity contribution < 1.29 is 4.79 Å². The van der Waals surface area contributed by atoms with Gasteiger partial charge in [-0.3, -0.25) is 4.79 Å². The zero-order valence-corrected chi connectivity index (χ0v) is 17.4. The van der Waals surface area contributed by atoms with Gasteiger partial charge < -0.3 is 9.80 Å². The number of aromatic nitrogens is 5. The van der Waals surface area contributed by atoms with Crippen LogP contribution in [0.2, 0.25) is 0 Å². The van der Waals surface area contributed by atoms with Crippen LogP contribution in [0.3, 0.4) is 0 Å². The average Bonchev–Trinajstić information content (AvgIpc) is 3.44. The monoisotopic (exact) mass is 419 g/mol. The Morgan fingerprint density at radius 3 is 2.60 bits per heavy atom. The van der Waals surface area contributed by atoms with Crippen molar-refractivity contribution in [3.05, 3.63) is 58.5 Å². The number of thiophene rings is 1. The molecule has 9 heteroatoms. The number of benzene rings is 1. The Kier molecular flexibility index (Phi) is 4.88. The van der Waals surface area contributed by atoms with Crippen molar-refractivity contribution in [3.8, 4) is 5.69 Å². The van der Waals surface area contributed by atoms with E-state index >= 15 is 0 Å². The van der Waals surface area contributed by atoms with Crippen LogP contribution >= 0.6 is 11.3 Å². The fraction of sp³-hybridized carbons (Fsp3) is 0.286. The quantitative estimate of drug-likeness (QED) is 0.506. The Balaban J connectivity index is 1.33. The van der Waals surface area contributed by atoms with Crippen molar-refractivity contribution >= 4 is 34.2 Å². The van der Waals surface area contributed by atoms with E-state index < -0.39 is 0 Å². The molecule has 0 saturated carbocycles. The molecule has 5 rings (SSSR count). The van der Waals surface area contributed by atoms with E-state index in [1.165, 1.54) is 5.56 Å². The Bertz CT molecular complexity index is 1160. The molecule has 1 aliphatic heterocycles. The molecule has 0 N–H and O–H groups in total. The van der Waals surface area contributed by atoms with Gasteiger partial charge in [0.1, 0.15) is 6.33 Å². The molecule has 1 fully saturated rings. The molecule has 4 aromatic rings. The van der Waals surface area contributed by atoms with Crippen molar-refractivity contribution in [2.45, 2.75) is 13.3 Å². The number of hydrogen-bond acceptors (Lipinski definition) is 7. The fourth-order valence-corrected chi connectivity index (χ4v) is 4.37. The standard InChI is InChI=1S/C21H21N7OS/c1-15-4-6-16(7-5-15)28-21-19(24-25-28)20(22-14-23-21)27-10-8-26(9-11-27)18(29)13-17-3-2-12-30-17/h2-7,12,14H,8-11,13H2,1H3. The molecular weight excluding hydrogens is 398 g/mol. The molecule has 3 aromatic heterocycles. The summed E-state index contributed by atoms with van der Waals surface area (Å²) in [5, 5.41) is 10.7. The average molecular weight is 420 g/mol. The minimum Gasteiger partial charge on any atom is -0.351 e. The van der Waals surface area contributed by atoms with Crippen LogP contribution < -0.4 is 4.90 Å². The van der Waals surface area contributed by atoms with E-state index in [0.29, 0.717) is 43.8 Å². The van der Waals surface area contributed by atoms with Gasteiger partial charge in [0.15, 0.2) is 17.0 Å². The maximum absolute atomic E-state index is 12.6. The lowest BCUT2D eigenvalue weighted by molar-refractivity contribution is -0.130. The molecule has 30 heavy (non-hydrogen) atoms. The Morgan fingerprint density at radius 2 is 1.87 bits per heavy atom. The highest BCUT2D eigenvalue weighted by Crippen LogP contribution is 2.24. The lowest BCUT2D eigenvalue weighted by Gasteiger charge is -2.35. The summed E-state index contributed by atoms with van der Waals surface area (Å²) < 4.78 is 1.74. The summed E-state index contributed by atoms with van der Waals surface area (Å²) >= 11 is 1.62. The topological polar surface area (TPSA) is 80.0 Å². The summed E-state index contributed by atoms with van der Waals surface area (Å²) in [5.41, 5.74) is 3.46. The lowest BCUT2D eigenvalue weighted by Crippen LogP contribution is -2.49. The first-order valence-electron chi connectivity index (χ1n) is 9.87. The van der Waals surface area contributed by atoms with E-state index in [1.54, 1.807) is 22.3 Å². The first kappa shape index (κ1) is 18.7. The van der Waals surface area contributed by atoms with Crippen molar-refractivity contribution in [2.24, 2.45) is 0 Å². The summed E-state index contributed by atoms with van der Waals surface area (Å²) in [6.45, 7) is 4.80. The Morgan fingerprint density at radius 1 is 1.07 bits per heavy atom. The van der Waals surface area contributed by atoms with E-state index in [2.05, 4.69) is 25.2 Å². The van der Waals surface area contributed by atoms with Gasteiger partial charge in [-0.05, 0) is 30.5 Å². The highest BCUT2D eigenvalue weighted by Gasteiger charge is 2.25. The van der Waals surface area contributed by atoms with Gasteiger partial charge in [0.2, 0.25) is 5.91 Å². The molecule has 0 aliphatic carbocycles. The maximum atomic E-state index is 12.6. The minimum absolute atomic E-state index is 0.176. The van der Waals surface area contributed by atoms with Gasteiger partial charge in [0.05, 0.1) is 12.1 Å². The zero-order chi connectivity index (χ0) is 20.5. The van der Waals surface area contributed by atoms with Crippen LogP contribution in [-0.2, 0) is 11.2 Å².